The standard InChI is InChI=1S/C12H24OSi/c14-13-12(11-7-3-4-8-11)9-10-5-1-2-6-10/h10-12H,1-9H2,14H3. The molecule has 0 N–H and O–H groups in total. The zero-order valence-corrected chi connectivity index (χ0v) is 11.5. The van der Waals surface area contributed by atoms with Crippen LogP contribution in [0.4, 0.5) is 0 Å². The van der Waals surface area contributed by atoms with Gasteiger partial charge in [-0.15, -0.1) is 0 Å². The van der Waals surface area contributed by atoms with Crippen LogP contribution in [0.25, 0.3) is 0 Å². The molecule has 0 spiro atoms. The number of hydrogen-bond acceptors (Lipinski definition) is 1. The lowest BCUT2D eigenvalue weighted by Crippen LogP contribution is -2.23. The van der Waals surface area contributed by atoms with E-state index < -0.39 is 0 Å². The van der Waals surface area contributed by atoms with Crippen LogP contribution in [0.2, 0.25) is 0 Å². The molecule has 2 rings (SSSR count). The summed E-state index contributed by atoms with van der Waals surface area (Å²) in [6.07, 6.45) is 13.7. The number of rotatable bonds is 4. The molecular weight excluding hydrogens is 188 g/mol. The summed E-state index contributed by atoms with van der Waals surface area (Å²) in [6.45, 7) is 0. The molecule has 2 aliphatic rings. The van der Waals surface area contributed by atoms with Crippen LogP contribution >= 0.6 is 0 Å². The van der Waals surface area contributed by atoms with Crippen LogP contribution in [0, 0.1) is 11.8 Å². The van der Waals surface area contributed by atoms with Crippen LogP contribution in [0.15, 0.2) is 0 Å². The summed E-state index contributed by atoms with van der Waals surface area (Å²) in [5, 5.41) is 0. The van der Waals surface area contributed by atoms with Crippen LogP contribution in [-0.4, -0.2) is 16.6 Å². The molecule has 2 aliphatic carbocycles. The molecule has 14 heavy (non-hydrogen) atoms. The molecule has 0 heterocycles. The minimum absolute atomic E-state index is 0.646. The van der Waals surface area contributed by atoms with Gasteiger partial charge in [0.2, 0.25) is 0 Å². The molecule has 0 bridgehead atoms. The molecule has 0 aromatic carbocycles. The number of hydrogen-bond donors (Lipinski definition) is 0. The smallest absolute Gasteiger partial charge is 0.146 e. The molecule has 0 radical (unpaired) electrons. The topological polar surface area (TPSA) is 9.23 Å². The van der Waals surface area contributed by atoms with Crippen LogP contribution < -0.4 is 0 Å². The predicted octanol–water partition coefficient (Wildman–Crippen LogP) is 2.42. The maximum Gasteiger partial charge on any atom is 0.146 e. The highest BCUT2D eigenvalue weighted by molar-refractivity contribution is 5.98. The summed E-state index contributed by atoms with van der Waals surface area (Å²) < 4.78 is 5.84. The van der Waals surface area contributed by atoms with Gasteiger partial charge in [0.1, 0.15) is 10.5 Å². The quantitative estimate of drug-likeness (QED) is 0.650. The van der Waals surface area contributed by atoms with Gasteiger partial charge in [-0.25, -0.2) is 0 Å². The molecule has 0 aromatic heterocycles. The van der Waals surface area contributed by atoms with Crippen molar-refractivity contribution in [2.24, 2.45) is 11.8 Å². The highest BCUT2D eigenvalue weighted by Gasteiger charge is 2.27. The van der Waals surface area contributed by atoms with Crippen LogP contribution in [-0.2, 0) is 4.43 Å². The molecule has 0 aliphatic heterocycles. The first-order chi connectivity index (χ1) is 6.90. The molecular formula is C12H24OSi. The third-order valence-corrected chi connectivity index (χ3v) is 4.87. The zero-order chi connectivity index (χ0) is 9.80. The largest absolute Gasteiger partial charge is 0.425 e. The minimum atomic E-state index is 0.646. The fourth-order valence-corrected chi connectivity index (χ4v) is 3.96. The van der Waals surface area contributed by atoms with E-state index in [1.165, 1.54) is 57.8 Å². The third kappa shape index (κ3) is 2.60. The fraction of sp³-hybridized carbons (Fsp3) is 1.00. The third-order valence-electron chi connectivity index (χ3n) is 4.27. The summed E-state index contributed by atoms with van der Waals surface area (Å²) in [5.41, 5.74) is 0. The van der Waals surface area contributed by atoms with Crippen molar-refractivity contribution in [1.82, 2.24) is 0 Å². The molecule has 2 heteroatoms. The summed E-state index contributed by atoms with van der Waals surface area (Å²) >= 11 is 0. The van der Waals surface area contributed by atoms with Gasteiger partial charge in [0.25, 0.3) is 0 Å². The van der Waals surface area contributed by atoms with Gasteiger partial charge >= 0.3 is 0 Å². The van der Waals surface area contributed by atoms with Crippen molar-refractivity contribution >= 4 is 10.5 Å². The van der Waals surface area contributed by atoms with Gasteiger partial charge in [0.15, 0.2) is 0 Å². The summed E-state index contributed by atoms with van der Waals surface area (Å²) in [6, 6.07) is 0. The van der Waals surface area contributed by atoms with E-state index in [0.29, 0.717) is 6.10 Å². The van der Waals surface area contributed by atoms with E-state index in [-0.39, 0.29) is 0 Å². The van der Waals surface area contributed by atoms with Crippen molar-refractivity contribution in [3.05, 3.63) is 0 Å². The fourth-order valence-electron chi connectivity index (χ4n) is 3.38. The average Bonchev–Trinajstić information content (AvgIpc) is 2.86. The maximum absolute atomic E-state index is 5.84. The molecule has 0 saturated heterocycles. The lowest BCUT2D eigenvalue weighted by molar-refractivity contribution is 0.120. The first-order valence-electron chi connectivity index (χ1n) is 6.43. The molecule has 1 unspecified atom stereocenters. The first kappa shape index (κ1) is 10.7. The molecule has 1 atom stereocenters. The molecule has 1 nitrogen and oxygen atoms in total. The lowest BCUT2D eigenvalue weighted by Gasteiger charge is -2.25. The Morgan fingerprint density at radius 1 is 1.00 bits per heavy atom. The second-order valence-electron chi connectivity index (χ2n) is 5.20. The van der Waals surface area contributed by atoms with Gasteiger partial charge in [-0.2, -0.15) is 0 Å². The molecule has 2 fully saturated rings. The molecule has 2 saturated carbocycles. The van der Waals surface area contributed by atoms with Gasteiger partial charge in [-0.1, -0.05) is 38.5 Å². The van der Waals surface area contributed by atoms with Crippen molar-refractivity contribution in [2.75, 3.05) is 0 Å². The highest BCUT2D eigenvalue weighted by atomic mass is 28.2. The van der Waals surface area contributed by atoms with E-state index in [1.54, 1.807) is 0 Å². The van der Waals surface area contributed by atoms with E-state index >= 15 is 0 Å². The van der Waals surface area contributed by atoms with Gasteiger partial charge in [-0.05, 0) is 31.1 Å². The molecule has 82 valence electrons. The van der Waals surface area contributed by atoms with Crippen molar-refractivity contribution in [1.29, 1.82) is 0 Å². The van der Waals surface area contributed by atoms with Crippen LogP contribution in [0.1, 0.15) is 57.8 Å². The Kier molecular flexibility index (Phi) is 4.06. The summed E-state index contributed by atoms with van der Waals surface area (Å²) in [4.78, 5) is 0. The van der Waals surface area contributed by atoms with Crippen LogP contribution in [0.3, 0.4) is 0 Å². The van der Waals surface area contributed by atoms with Crippen molar-refractivity contribution in [3.63, 3.8) is 0 Å². The van der Waals surface area contributed by atoms with Crippen LogP contribution in [0.5, 0.6) is 0 Å². The Morgan fingerprint density at radius 2 is 1.57 bits per heavy atom. The monoisotopic (exact) mass is 212 g/mol. The van der Waals surface area contributed by atoms with Gasteiger partial charge in [0.05, 0.1) is 0 Å². The Bertz CT molecular complexity index is 160. The van der Waals surface area contributed by atoms with Gasteiger partial charge in [0, 0.05) is 6.10 Å². The second kappa shape index (κ2) is 5.31. The lowest BCUT2D eigenvalue weighted by atomic mass is 9.91. The highest BCUT2D eigenvalue weighted by Crippen LogP contribution is 2.36. The van der Waals surface area contributed by atoms with E-state index in [9.17, 15) is 0 Å². The van der Waals surface area contributed by atoms with E-state index in [4.69, 9.17) is 4.43 Å². The van der Waals surface area contributed by atoms with E-state index in [2.05, 4.69) is 0 Å². The van der Waals surface area contributed by atoms with Gasteiger partial charge in [-0.3, -0.25) is 0 Å². The Morgan fingerprint density at radius 3 is 2.14 bits per heavy atom. The Labute approximate surface area is 91.1 Å². The Hall–Kier alpha value is 0.177. The minimum Gasteiger partial charge on any atom is -0.425 e. The van der Waals surface area contributed by atoms with E-state index in [1.807, 2.05) is 0 Å². The maximum atomic E-state index is 5.84. The van der Waals surface area contributed by atoms with Crippen molar-refractivity contribution < 1.29 is 4.43 Å². The van der Waals surface area contributed by atoms with Crippen molar-refractivity contribution in [2.45, 2.75) is 63.9 Å². The normalized spacial score (nSPS) is 27.4. The molecule has 0 aromatic rings. The predicted molar refractivity (Wildman–Crippen MR) is 63.3 cm³/mol. The zero-order valence-electron chi connectivity index (χ0n) is 9.50. The first-order valence-corrected chi connectivity index (χ1v) is 7.24. The summed E-state index contributed by atoms with van der Waals surface area (Å²) in [7, 11) is 0.938. The Balaban J connectivity index is 1.79. The SMILES string of the molecule is [SiH3]OC(CC1CCCC1)C1CCCC1. The molecule has 0 amide bonds. The second-order valence-corrected chi connectivity index (χ2v) is 5.68. The van der Waals surface area contributed by atoms with Crippen molar-refractivity contribution in [3.8, 4) is 0 Å². The van der Waals surface area contributed by atoms with Gasteiger partial charge < -0.3 is 4.43 Å². The van der Waals surface area contributed by atoms with E-state index in [0.717, 1.165) is 22.3 Å². The average molecular weight is 212 g/mol. The summed E-state index contributed by atoms with van der Waals surface area (Å²) in [5.74, 6) is 1.93.